The third kappa shape index (κ3) is 3.76. The summed E-state index contributed by atoms with van der Waals surface area (Å²) in [5.74, 6) is 0.849. The number of ether oxygens (including phenoxy) is 1. The summed E-state index contributed by atoms with van der Waals surface area (Å²) in [6.07, 6.45) is 10.0. The highest BCUT2D eigenvalue weighted by Crippen LogP contribution is 2.63. The van der Waals surface area contributed by atoms with Crippen LogP contribution in [0.1, 0.15) is 41.7 Å². The van der Waals surface area contributed by atoms with Gasteiger partial charge in [-0.15, -0.1) is 0 Å². The molecule has 1 aromatic rings. The van der Waals surface area contributed by atoms with Crippen molar-refractivity contribution in [3.8, 4) is 5.75 Å². The van der Waals surface area contributed by atoms with Crippen molar-refractivity contribution in [1.82, 2.24) is 10.3 Å². The topological polar surface area (TPSA) is 91.7 Å². The van der Waals surface area contributed by atoms with Crippen LogP contribution in [-0.2, 0) is 0 Å². The predicted octanol–water partition coefficient (Wildman–Crippen LogP) is 1.38. The maximum atomic E-state index is 12.1. The SMILES string of the molecule is COc1cnc(C(=O)NC[C@H](O)CO)cc1/C=C/C1CC2(CC2)C1. The fourth-order valence-electron chi connectivity index (χ4n) is 3.26. The maximum absolute atomic E-state index is 12.1. The van der Waals surface area contributed by atoms with E-state index in [0.717, 1.165) is 5.56 Å². The molecule has 0 radical (unpaired) electrons. The lowest BCUT2D eigenvalue weighted by Crippen LogP contribution is -2.34. The highest BCUT2D eigenvalue weighted by Gasteiger charge is 2.51. The zero-order chi connectivity index (χ0) is 17.2. The third-order valence-corrected chi connectivity index (χ3v) is 4.95. The summed E-state index contributed by atoms with van der Waals surface area (Å²) in [5.41, 5.74) is 1.74. The Morgan fingerprint density at radius 3 is 2.92 bits per heavy atom. The van der Waals surface area contributed by atoms with Crippen LogP contribution >= 0.6 is 0 Å². The van der Waals surface area contributed by atoms with Crippen molar-refractivity contribution in [2.75, 3.05) is 20.3 Å². The molecule has 1 amide bonds. The lowest BCUT2D eigenvalue weighted by Gasteiger charge is -2.33. The molecule has 6 nitrogen and oxygen atoms in total. The summed E-state index contributed by atoms with van der Waals surface area (Å²) in [7, 11) is 1.58. The van der Waals surface area contributed by atoms with Gasteiger partial charge in [-0.3, -0.25) is 4.79 Å². The summed E-state index contributed by atoms with van der Waals surface area (Å²) < 4.78 is 5.31. The van der Waals surface area contributed by atoms with E-state index in [-0.39, 0.29) is 18.1 Å². The number of carbonyl (C=O) groups excluding carboxylic acids is 1. The van der Waals surface area contributed by atoms with Crippen LogP contribution in [0.25, 0.3) is 6.08 Å². The second kappa shape index (κ2) is 6.91. The number of nitrogens with zero attached hydrogens (tertiary/aromatic N) is 1. The average Bonchev–Trinajstić information content (AvgIpc) is 3.37. The van der Waals surface area contributed by atoms with Crippen molar-refractivity contribution in [2.24, 2.45) is 11.3 Å². The van der Waals surface area contributed by atoms with Crippen molar-refractivity contribution in [1.29, 1.82) is 0 Å². The van der Waals surface area contributed by atoms with Crippen LogP contribution in [0.3, 0.4) is 0 Å². The molecule has 0 saturated heterocycles. The van der Waals surface area contributed by atoms with Crippen LogP contribution in [0.2, 0.25) is 0 Å². The number of hydrogen-bond donors (Lipinski definition) is 3. The van der Waals surface area contributed by atoms with Crippen LogP contribution in [0.15, 0.2) is 18.3 Å². The van der Waals surface area contributed by atoms with Gasteiger partial charge in [0.1, 0.15) is 11.4 Å². The van der Waals surface area contributed by atoms with Crippen LogP contribution in [-0.4, -0.2) is 47.5 Å². The van der Waals surface area contributed by atoms with Gasteiger partial charge in [-0.2, -0.15) is 0 Å². The Balaban J connectivity index is 1.65. The Kier molecular flexibility index (Phi) is 4.87. The Morgan fingerprint density at radius 1 is 1.54 bits per heavy atom. The summed E-state index contributed by atoms with van der Waals surface area (Å²) >= 11 is 0. The molecule has 1 spiro atoms. The maximum Gasteiger partial charge on any atom is 0.269 e. The van der Waals surface area contributed by atoms with Gasteiger partial charge in [-0.05, 0) is 43.1 Å². The van der Waals surface area contributed by atoms with E-state index in [1.807, 2.05) is 6.08 Å². The minimum atomic E-state index is -0.972. The number of pyridine rings is 1. The van der Waals surface area contributed by atoms with Gasteiger partial charge in [-0.1, -0.05) is 12.2 Å². The van der Waals surface area contributed by atoms with Gasteiger partial charge < -0.3 is 20.3 Å². The molecule has 3 N–H and O–H groups in total. The van der Waals surface area contributed by atoms with Crippen molar-refractivity contribution < 1.29 is 19.7 Å². The number of nitrogens with one attached hydrogen (secondary N) is 1. The molecule has 0 aliphatic heterocycles. The molecule has 2 aliphatic rings. The molecule has 24 heavy (non-hydrogen) atoms. The molecule has 1 aromatic heterocycles. The number of rotatable bonds is 7. The molecular formula is C18H24N2O4. The number of aliphatic hydroxyl groups excluding tert-OH is 2. The van der Waals surface area contributed by atoms with Gasteiger partial charge in [0.15, 0.2) is 0 Å². The number of hydrogen-bond acceptors (Lipinski definition) is 5. The van der Waals surface area contributed by atoms with Gasteiger partial charge in [-0.25, -0.2) is 4.98 Å². The van der Waals surface area contributed by atoms with Gasteiger partial charge in [0.25, 0.3) is 5.91 Å². The van der Waals surface area contributed by atoms with Crippen molar-refractivity contribution in [2.45, 2.75) is 31.8 Å². The second-order valence-corrected chi connectivity index (χ2v) is 6.89. The molecule has 130 valence electrons. The molecule has 2 aliphatic carbocycles. The van der Waals surface area contributed by atoms with Crippen molar-refractivity contribution in [3.05, 3.63) is 29.6 Å². The molecule has 0 aromatic carbocycles. The zero-order valence-corrected chi connectivity index (χ0v) is 13.9. The second-order valence-electron chi connectivity index (χ2n) is 6.89. The normalized spacial score (nSPS) is 20.0. The summed E-state index contributed by atoms with van der Waals surface area (Å²) in [5, 5.41) is 20.6. The van der Waals surface area contributed by atoms with Gasteiger partial charge in [0, 0.05) is 12.1 Å². The van der Waals surface area contributed by atoms with Crippen molar-refractivity contribution >= 4 is 12.0 Å². The largest absolute Gasteiger partial charge is 0.495 e. The molecule has 2 saturated carbocycles. The molecule has 2 fully saturated rings. The molecule has 0 bridgehead atoms. The quantitative estimate of drug-likeness (QED) is 0.701. The van der Waals surface area contributed by atoms with E-state index in [4.69, 9.17) is 9.84 Å². The smallest absolute Gasteiger partial charge is 0.269 e. The summed E-state index contributed by atoms with van der Waals surface area (Å²) in [6, 6.07) is 1.68. The molecule has 1 heterocycles. The monoisotopic (exact) mass is 332 g/mol. The number of methoxy groups -OCH3 is 1. The molecular weight excluding hydrogens is 308 g/mol. The van der Waals surface area contributed by atoms with Crippen LogP contribution in [0.4, 0.5) is 0 Å². The Hall–Kier alpha value is -1.92. The fraction of sp³-hybridized carbons (Fsp3) is 0.556. The number of aliphatic hydroxyl groups is 2. The van der Waals surface area contributed by atoms with Crippen LogP contribution in [0, 0.1) is 11.3 Å². The van der Waals surface area contributed by atoms with E-state index in [1.54, 1.807) is 13.2 Å². The summed E-state index contributed by atoms with van der Waals surface area (Å²) in [6.45, 7) is -0.411. The Bertz CT molecular complexity index is 632. The number of amides is 1. The van der Waals surface area contributed by atoms with E-state index >= 15 is 0 Å². The minimum absolute atomic E-state index is 0.0155. The van der Waals surface area contributed by atoms with E-state index in [1.165, 1.54) is 31.9 Å². The van der Waals surface area contributed by atoms with Gasteiger partial charge in [0.05, 0.1) is 26.0 Å². The van der Waals surface area contributed by atoms with Gasteiger partial charge >= 0.3 is 0 Å². The molecule has 6 heteroatoms. The lowest BCUT2D eigenvalue weighted by molar-refractivity contribution is 0.0798. The average molecular weight is 332 g/mol. The number of aromatic nitrogens is 1. The van der Waals surface area contributed by atoms with E-state index in [2.05, 4.69) is 16.4 Å². The first-order valence-corrected chi connectivity index (χ1v) is 8.34. The molecule has 3 rings (SSSR count). The third-order valence-electron chi connectivity index (χ3n) is 4.95. The Morgan fingerprint density at radius 2 is 2.29 bits per heavy atom. The predicted molar refractivity (Wildman–Crippen MR) is 89.6 cm³/mol. The van der Waals surface area contributed by atoms with Gasteiger partial charge in [0.2, 0.25) is 0 Å². The first kappa shape index (κ1) is 16.9. The van der Waals surface area contributed by atoms with Crippen molar-refractivity contribution in [3.63, 3.8) is 0 Å². The van der Waals surface area contributed by atoms with Crippen LogP contribution in [0.5, 0.6) is 5.75 Å². The molecule has 0 unspecified atom stereocenters. The Labute approximate surface area is 141 Å². The zero-order valence-electron chi connectivity index (χ0n) is 13.9. The highest BCUT2D eigenvalue weighted by molar-refractivity contribution is 5.93. The molecule has 1 atom stereocenters. The number of carbonyl (C=O) groups is 1. The lowest BCUT2D eigenvalue weighted by atomic mass is 9.72. The minimum Gasteiger partial charge on any atom is -0.495 e. The standard InChI is InChI=1S/C18H24N2O4/c1-24-16-10-19-15(17(23)20-9-14(22)11-21)6-13(16)3-2-12-7-18(8-12)4-5-18/h2-3,6,10,12,14,21-22H,4-5,7-9,11H2,1H3,(H,20,23)/b3-2+/t14-/m0/s1. The van der Waals surface area contributed by atoms with Crippen LogP contribution < -0.4 is 10.1 Å². The van der Waals surface area contributed by atoms with E-state index in [0.29, 0.717) is 17.1 Å². The first-order chi connectivity index (χ1) is 11.5. The first-order valence-electron chi connectivity index (χ1n) is 8.34. The summed E-state index contributed by atoms with van der Waals surface area (Å²) in [4.78, 5) is 16.2. The number of allylic oxidation sites excluding steroid dienone is 1. The highest BCUT2D eigenvalue weighted by atomic mass is 16.5. The van der Waals surface area contributed by atoms with E-state index < -0.39 is 12.7 Å². The van der Waals surface area contributed by atoms with E-state index in [9.17, 15) is 9.90 Å². The fourth-order valence-corrected chi connectivity index (χ4v) is 3.26.